The molecule has 1 saturated heterocycles. The number of hydrogen-bond donors (Lipinski definition) is 1. The van der Waals surface area contributed by atoms with E-state index in [0.29, 0.717) is 6.04 Å². The predicted octanol–water partition coefficient (Wildman–Crippen LogP) is 1.47. The second-order valence-electron chi connectivity index (χ2n) is 4.84. The minimum absolute atomic E-state index is 0.334. The molecule has 2 aromatic rings. The highest BCUT2D eigenvalue weighted by molar-refractivity contribution is 5.58. The molecule has 3 heterocycles. The number of anilines is 1. The van der Waals surface area contributed by atoms with Gasteiger partial charge in [0.25, 0.3) is 0 Å². The van der Waals surface area contributed by atoms with Crippen molar-refractivity contribution in [2.45, 2.75) is 18.9 Å². The number of rotatable bonds is 2. The zero-order valence-corrected chi connectivity index (χ0v) is 10.7. The van der Waals surface area contributed by atoms with Gasteiger partial charge in [0.2, 0.25) is 0 Å². The van der Waals surface area contributed by atoms with Gasteiger partial charge < -0.3 is 10.6 Å². The van der Waals surface area contributed by atoms with Crippen LogP contribution in [0.5, 0.6) is 0 Å². The normalized spacial score (nSPS) is 16.6. The summed E-state index contributed by atoms with van der Waals surface area (Å²) in [5.74, 6) is 0.935. The van der Waals surface area contributed by atoms with Crippen LogP contribution in [0.15, 0.2) is 36.7 Å². The van der Waals surface area contributed by atoms with E-state index in [1.54, 1.807) is 12.4 Å². The molecule has 0 saturated carbocycles. The molecule has 0 aromatic carbocycles. The van der Waals surface area contributed by atoms with Gasteiger partial charge in [-0.1, -0.05) is 0 Å². The first kappa shape index (κ1) is 12.0. The summed E-state index contributed by atoms with van der Waals surface area (Å²) in [6.07, 6.45) is 5.56. The number of nitrogens with zero attached hydrogens (tertiary/aromatic N) is 4. The molecule has 5 heteroatoms. The van der Waals surface area contributed by atoms with Crippen LogP contribution in [-0.4, -0.2) is 34.3 Å². The highest BCUT2D eigenvalue weighted by Crippen LogP contribution is 2.19. The molecule has 0 spiro atoms. The molecular formula is C14H17N5. The maximum absolute atomic E-state index is 5.91. The number of hydrogen-bond acceptors (Lipinski definition) is 5. The van der Waals surface area contributed by atoms with Crippen molar-refractivity contribution in [3.63, 3.8) is 0 Å². The summed E-state index contributed by atoms with van der Waals surface area (Å²) < 4.78 is 0. The molecule has 1 fully saturated rings. The molecule has 2 N–H and O–H groups in total. The molecule has 0 atom stereocenters. The van der Waals surface area contributed by atoms with Crippen LogP contribution in [0.1, 0.15) is 12.8 Å². The van der Waals surface area contributed by atoms with Gasteiger partial charge >= 0.3 is 0 Å². The molecule has 0 unspecified atom stereocenters. The summed E-state index contributed by atoms with van der Waals surface area (Å²) in [6, 6.07) is 8.24. The highest BCUT2D eigenvalue weighted by Gasteiger charge is 2.17. The third-order valence-electron chi connectivity index (χ3n) is 3.49. The first-order valence-electron chi connectivity index (χ1n) is 6.57. The zero-order valence-electron chi connectivity index (χ0n) is 10.7. The highest BCUT2D eigenvalue weighted by atomic mass is 15.3. The van der Waals surface area contributed by atoms with Gasteiger partial charge in [-0.2, -0.15) is 0 Å². The Bertz CT molecular complexity index is 517. The lowest BCUT2D eigenvalue weighted by Gasteiger charge is -2.30. The summed E-state index contributed by atoms with van der Waals surface area (Å²) in [7, 11) is 0. The van der Waals surface area contributed by atoms with E-state index < -0.39 is 0 Å². The van der Waals surface area contributed by atoms with Crippen molar-refractivity contribution in [2.75, 3.05) is 18.0 Å². The maximum atomic E-state index is 5.91. The van der Waals surface area contributed by atoms with Crippen molar-refractivity contribution in [3.05, 3.63) is 36.7 Å². The van der Waals surface area contributed by atoms with Crippen LogP contribution >= 0.6 is 0 Å². The summed E-state index contributed by atoms with van der Waals surface area (Å²) in [5.41, 5.74) is 7.82. The van der Waals surface area contributed by atoms with E-state index >= 15 is 0 Å². The molecule has 3 rings (SSSR count). The second kappa shape index (κ2) is 5.32. The number of pyridine rings is 1. The van der Waals surface area contributed by atoms with E-state index in [9.17, 15) is 0 Å². The van der Waals surface area contributed by atoms with Gasteiger partial charge in [0.15, 0.2) is 5.82 Å². The number of piperidine rings is 1. The molecule has 0 amide bonds. The quantitative estimate of drug-likeness (QED) is 0.880. The fourth-order valence-corrected chi connectivity index (χ4v) is 2.30. The van der Waals surface area contributed by atoms with E-state index in [-0.39, 0.29) is 0 Å². The molecule has 5 nitrogen and oxygen atoms in total. The summed E-state index contributed by atoms with van der Waals surface area (Å²) >= 11 is 0. The minimum Gasteiger partial charge on any atom is -0.355 e. The molecule has 1 aliphatic rings. The van der Waals surface area contributed by atoms with Crippen molar-refractivity contribution in [2.24, 2.45) is 5.73 Å². The predicted molar refractivity (Wildman–Crippen MR) is 74.7 cm³/mol. The van der Waals surface area contributed by atoms with Crippen LogP contribution < -0.4 is 10.6 Å². The van der Waals surface area contributed by atoms with Crippen LogP contribution in [0.3, 0.4) is 0 Å². The van der Waals surface area contributed by atoms with E-state index in [2.05, 4.69) is 20.1 Å². The lowest BCUT2D eigenvalue weighted by atomic mass is 10.1. The van der Waals surface area contributed by atoms with Crippen LogP contribution in [0.2, 0.25) is 0 Å². The van der Waals surface area contributed by atoms with E-state index in [0.717, 1.165) is 43.0 Å². The molecule has 0 bridgehead atoms. The van der Waals surface area contributed by atoms with Crippen molar-refractivity contribution in [1.82, 2.24) is 15.2 Å². The number of aromatic nitrogens is 3. The molecule has 2 aromatic heterocycles. The lowest BCUT2D eigenvalue weighted by Crippen LogP contribution is -2.40. The smallest absolute Gasteiger partial charge is 0.151 e. The molecule has 1 aliphatic heterocycles. The molecule has 19 heavy (non-hydrogen) atoms. The van der Waals surface area contributed by atoms with Gasteiger partial charge in [0.05, 0.1) is 5.69 Å². The zero-order chi connectivity index (χ0) is 13.1. The van der Waals surface area contributed by atoms with Crippen molar-refractivity contribution in [1.29, 1.82) is 0 Å². The minimum atomic E-state index is 0.334. The van der Waals surface area contributed by atoms with Gasteiger partial charge in [0, 0.05) is 37.1 Å². The second-order valence-corrected chi connectivity index (χ2v) is 4.84. The molecule has 0 radical (unpaired) electrons. The van der Waals surface area contributed by atoms with Gasteiger partial charge in [-0.05, 0) is 37.1 Å². The third kappa shape index (κ3) is 2.71. The average Bonchev–Trinajstić information content (AvgIpc) is 2.49. The molecule has 0 aliphatic carbocycles. The molecule has 98 valence electrons. The Labute approximate surface area is 112 Å². The van der Waals surface area contributed by atoms with Crippen LogP contribution in [0.25, 0.3) is 11.3 Å². The lowest BCUT2D eigenvalue weighted by molar-refractivity contribution is 0.497. The monoisotopic (exact) mass is 255 g/mol. The van der Waals surface area contributed by atoms with Crippen molar-refractivity contribution >= 4 is 5.82 Å². The van der Waals surface area contributed by atoms with Crippen molar-refractivity contribution < 1.29 is 0 Å². The van der Waals surface area contributed by atoms with E-state index in [4.69, 9.17) is 5.73 Å². The standard InChI is InChI=1S/C14H17N5/c15-12-5-9-19(10-6-12)14-2-1-13(17-18-14)11-3-7-16-8-4-11/h1-4,7-8,12H,5-6,9-10,15H2. The van der Waals surface area contributed by atoms with E-state index in [1.807, 2.05) is 24.3 Å². The third-order valence-corrected chi connectivity index (χ3v) is 3.49. The Morgan fingerprint density at radius 3 is 2.37 bits per heavy atom. The summed E-state index contributed by atoms with van der Waals surface area (Å²) in [5, 5.41) is 8.61. The fraction of sp³-hybridized carbons (Fsp3) is 0.357. The number of nitrogens with two attached hydrogens (primary N) is 1. The Balaban J connectivity index is 1.76. The fourth-order valence-electron chi connectivity index (χ4n) is 2.30. The Kier molecular flexibility index (Phi) is 3.37. The Morgan fingerprint density at radius 1 is 1.00 bits per heavy atom. The van der Waals surface area contributed by atoms with Gasteiger partial charge in [0.1, 0.15) is 0 Å². The van der Waals surface area contributed by atoms with Crippen LogP contribution in [-0.2, 0) is 0 Å². The van der Waals surface area contributed by atoms with Gasteiger partial charge in [-0.25, -0.2) is 0 Å². The SMILES string of the molecule is NC1CCN(c2ccc(-c3ccncc3)nn2)CC1. The summed E-state index contributed by atoms with van der Waals surface area (Å²) in [6.45, 7) is 1.93. The maximum Gasteiger partial charge on any atom is 0.151 e. The van der Waals surface area contributed by atoms with Crippen LogP contribution in [0.4, 0.5) is 5.82 Å². The topological polar surface area (TPSA) is 67.9 Å². The Morgan fingerprint density at radius 2 is 1.74 bits per heavy atom. The van der Waals surface area contributed by atoms with Gasteiger partial charge in [-0.15, -0.1) is 10.2 Å². The summed E-state index contributed by atoms with van der Waals surface area (Å²) in [4.78, 5) is 6.24. The first-order valence-corrected chi connectivity index (χ1v) is 6.57. The Hall–Kier alpha value is -2.01. The average molecular weight is 255 g/mol. The molecular weight excluding hydrogens is 238 g/mol. The van der Waals surface area contributed by atoms with Crippen LogP contribution in [0, 0.1) is 0 Å². The van der Waals surface area contributed by atoms with Crippen molar-refractivity contribution in [3.8, 4) is 11.3 Å². The van der Waals surface area contributed by atoms with Gasteiger partial charge in [-0.3, -0.25) is 4.98 Å². The first-order chi connectivity index (χ1) is 9.33. The largest absolute Gasteiger partial charge is 0.355 e. The van der Waals surface area contributed by atoms with E-state index in [1.165, 1.54) is 0 Å².